The molecule has 2 saturated carbocycles. The van der Waals surface area contributed by atoms with Crippen LogP contribution in [0.2, 0.25) is 0 Å². The minimum absolute atomic E-state index is 0.0483. The first-order chi connectivity index (χ1) is 8.20. The smallest absolute Gasteiger partial charge is 0.0628 e. The van der Waals surface area contributed by atoms with Gasteiger partial charge in [0, 0.05) is 13.1 Å². The number of hydrogen-bond acceptors (Lipinski definition) is 3. The second kappa shape index (κ2) is 5.68. The Labute approximate surface area is 106 Å². The van der Waals surface area contributed by atoms with E-state index in [-0.39, 0.29) is 12.1 Å². The molecule has 2 fully saturated rings. The summed E-state index contributed by atoms with van der Waals surface area (Å²) in [7, 11) is 4.21. The van der Waals surface area contributed by atoms with Crippen LogP contribution in [0.1, 0.15) is 38.5 Å². The van der Waals surface area contributed by atoms with Crippen molar-refractivity contribution in [2.24, 2.45) is 11.8 Å². The molecule has 0 saturated heterocycles. The summed E-state index contributed by atoms with van der Waals surface area (Å²) in [4.78, 5) is 2.43. The molecule has 0 bridgehead atoms. The van der Waals surface area contributed by atoms with Crippen LogP contribution in [0.5, 0.6) is 0 Å². The molecule has 100 valence electrons. The quantitative estimate of drug-likeness (QED) is 0.707. The molecule has 0 amide bonds. The van der Waals surface area contributed by atoms with Crippen LogP contribution in [0.25, 0.3) is 0 Å². The highest BCUT2D eigenvalue weighted by Crippen LogP contribution is 2.40. The zero-order valence-electron chi connectivity index (χ0n) is 11.4. The zero-order valence-corrected chi connectivity index (χ0v) is 11.4. The summed E-state index contributed by atoms with van der Waals surface area (Å²) < 4.78 is 0. The lowest BCUT2D eigenvalue weighted by molar-refractivity contribution is 0.101. The highest BCUT2D eigenvalue weighted by Gasteiger charge is 2.44. The van der Waals surface area contributed by atoms with E-state index in [2.05, 4.69) is 17.3 Å². The van der Waals surface area contributed by atoms with Gasteiger partial charge in [0.25, 0.3) is 0 Å². The molecule has 0 heterocycles. The van der Waals surface area contributed by atoms with Crippen molar-refractivity contribution in [3.8, 4) is 0 Å². The van der Waals surface area contributed by atoms with E-state index in [4.69, 9.17) is 0 Å². The van der Waals surface area contributed by atoms with Crippen LogP contribution in [0.4, 0.5) is 0 Å². The molecule has 2 rings (SSSR count). The molecular formula is C14H28N2O. The van der Waals surface area contributed by atoms with Crippen molar-refractivity contribution in [3.05, 3.63) is 0 Å². The van der Waals surface area contributed by atoms with E-state index < -0.39 is 0 Å². The minimum atomic E-state index is -0.0483. The molecule has 2 N–H and O–H groups in total. The van der Waals surface area contributed by atoms with E-state index in [9.17, 15) is 5.11 Å². The van der Waals surface area contributed by atoms with Gasteiger partial charge < -0.3 is 15.3 Å². The summed E-state index contributed by atoms with van der Waals surface area (Å²) in [5, 5.41) is 13.1. The molecule has 0 spiro atoms. The summed E-state index contributed by atoms with van der Waals surface area (Å²) in [6.45, 7) is 2.46. The Kier molecular flexibility index (Phi) is 4.45. The van der Waals surface area contributed by atoms with Gasteiger partial charge in [0.05, 0.1) is 12.1 Å². The van der Waals surface area contributed by atoms with Gasteiger partial charge in [-0.25, -0.2) is 0 Å². The Hall–Kier alpha value is -0.120. The average molecular weight is 240 g/mol. The third-order valence-corrected chi connectivity index (χ3v) is 4.74. The topological polar surface area (TPSA) is 35.5 Å². The maximum atomic E-state index is 9.71. The van der Waals surface area contributed by atoms with Crippen molar-refractivity contribution < 1.29 is 5.11 Å². The summed E-state index contributed by atoms with van der Waals surface area (Å²) in [5.74, 6) is 1.58. The SMILES string of the molecule is CNC(CO)(CN(C)CC1CCCC1)C1CC1. The number of nitrogens with zero attached hydrogens (tertiary/aromatic N) is 1. The van der Waals surface area contributed by atoms with Crippen molar-refractivity contribution in [1.82, 2.24) is 10.2 Å². The van der Waals surface area contributed by atoms with E-state index in [1.165, 1.54) is 45.1 Å². The number of hydrogen-bond donors (Lipinski definition) is 2. The van der Waals surface area contributed by atoms with Crippen molar-refractivity contribution >= 4 is 0 Å². The molecule has 0 aromatic carbocycles. The molecule has 0 radical (unpaired) electrons. The second-order valence-corrected chi connectivity index (χ2v) is 6.19. The fourth-order valence-corrected chi connectivity index (χ4v) is 3.49. The van der Waals surface area contributed by atoms with Crippen LogP contribution in [-0.2, 0) is 0 Å². The van der Waals surface area contributed by atoms with Gasteiger partial charge in [0.1, 0.15) is 0 Å². The molecule has 17 heavy (non-hydrogen) atoms. The largest absolute Gasteiger partial charge is 0.394 e. The third-order valence-electron chi connectivity index (χ3n) is 4.74. The normalized spacial score (nSPS) is 25.4. The van der Waals surface area contributed by atoms with Crippen LogP contribution >= 0.6 is 0 Å². The van der Waals surface area contributed by atoms with E-state index in [0.717, 1.165) is 12.5 Å². The van der Waals surface area contributed by atoms with Crippen molar-refractivity contribution in [2.45, 2.75) is 44.1 Å². The lowest BCUT2D eigenvalue weighted by atomic mass is 9.93. The van der Waals surface area contributed by atoms with Gasteiger partial charge in [-0.05, 0) is 51.6 Å². The number of rotatable bonds is 7. The molecule has 2 aliphatic rings. The predicted octanol–water partition coefficient (Wildman–Crippen LogP) is 1.47. The maximum Gasteiger partial charge on any atom is 0.0628 e. The van der Waals surface area contributed by atoms with Gasteiger partial charge >= 0.3 is 0 Å². The van der Waals surface area contributed by atoms with E-state index in [1.54, 1.807) is 0 Å². The molecule has 2 aliphatic carbocycles. The third kappa shape index (κ3) is 3.21. The molecule has 0 aromatic rings. The fraction of sp³-hybridized carbons (Fsp3) is 1.00. The van der Waals surface area contributed by atoms with Crippen LogP contribution in [0.15, 0.2) is 0 Å². The van der Waals surface area contributed by atoms with Crippen molar-refractivity contribution in [2.75, 3.05) is 33.8 Å². The Morgan fingerprint density at radius 3 is 2.35 bits per heavy atom. The fourth-order valence-electron chi connectivity index (χ4n) is 3.49. The second-order valence-electron chi connectivity index (χ2n) is 6.19. The molecule has 3 heteroatoms. The number of aliphatic hydroxyl groups is 1. The van der Waals surface area contributed by atoms with Crippen LogP contribution < -0.4 is 5.32 Å². The first-order valence-electron chi connectivity index (χ1n) is 7.18. The van der Waals surface area contributed by atoms with Gasteiger partial charge in [0.15, 0.2) is 0 Å². The van der Waals surface area contributed by atoms with Crippen molar-refractivity contribution in [1.29, 1.82) is 0 Å². The monoisotopic (exact) mass is 240 g/mol. The molecule has 0 aromatic heterocycles. The van der Waals surface area contributed by atoms with Gasteiger partial charge in [-0.1, -0.05) is 12.8 Å². The number of aliphatic hydroxyl groups excluding tert-OH is 1. The summed E-state index contributed by atoms with van der Waals surface area (Å²) in [6, 6.07) is 0. The van der Waals surface area contributed by atoms with Gasteiger partial charge in [-0.3, -0.25) is 0 Å². The Morgan fingerprint density at radius 2 is 1.88 bits per heavy atom. The number of nitrogens with one attached hydrogen (secondary N) is 1. The Bertz CT molecular complexity index is 230. The van der Waals surface area contributed by atoms with E-state index in [1.807, 2.05) is 7.05 Å². The Balaban J connectivity index is 1.83. The molecule has 1 atom stereocenters. The summed E-state index contributed by atoms with van der Waals surface area (Å²) in [6.07, 6.45) is 8.19. The van der Waals surface area contributed by atoms with E-state index in [0.29, 0.717) is 5.92 Å². The first kappa shape index (κ1) is 13.3. The van der Waals surface area contributed by atoms with Gasteiger partial charge in [-0.15, -0.1) is 0 Å². The molecule has 1 unspecified atom stereocenters. The standard InChI is InChI=1S/C14H28N2O/c1-15-14(11-17,13-7-8-13)10-16(2)9-12-5-3-4-6-12/h12-13,15,17H,3-11H2,1-2H3. The predicted molar refractivity (Wildman–Crippen MR) is 71.1 cm³/mol. The number of likely N-dealkylation sites (N-methyl/N-ethyl adjacent to an activating group) is 2. The van der Waals surface area contributed by atoms with Gasteiger partial charge in [-0.2, -0.15) is 0 Å². The highest BCUT2D eigenvalue weighted by atomic mass is 16.3. The average Bonchev–Trinajstić information content (AvgIpc) is 3.07. The molecular weight excluding hydrogens is 212 g/mol. The molecule has 3 nitrogen and oxygen atoms in total. The van der Waals surface area contributed by atoms with E-state index >= 15 is 0 Å². The lowest BCUT2D eigenvalue weighted by Crippen LogP contribution is -2.56. The Morgan fingerprint density at radius 1 is 1.24 bits per heavy atom. The lowest BCUT2D eigenvalue weighted by Gasteiger charge is -2.36. The molecule has 0 aliphatic heterocycles. The highest BCUT2D eigenvalue weighted by molar-refractivity contribution is 5.02. The zero-order chi connectivity index (χ0) is 12.3. The van der Waals surface area contributed by atoms with Crippen LogP contribution in [-0.4, -0.2) is 49.3 Å². The first-order valence-corrected chi connectivity index (χ1v) is 7.18. The van der Waals surface area contributed by atoms with Crippen LogP contribution in [0, 0.1) is 11.8 Å². The maximum absolute atomic E-state index is 9.71. The van der Waals surface area contributed by atoms with Crippen molar-refractivity contribution in [3.63, 3.8) is 0 Å². The minimum Gasteiger partial charge on any atom is -0.394 e. The summed E-state index contributed by atoms with van der Waals surface area (Å²) in [5.41, 5.74) is -0.0483. The van der Waals surface area contributed by atoms with Gasteiger partial charge in [0.2, 0.25) is 0 Å². The van der Waals surface area contributed by atoms with Crippen LogP contribution in [0.3, 0.4) is 0 Å². The summed E-state index contributed by atoms with van der Waals surface area (Å²) >= 11 is 0.